The lowest BCUT2D eigenvalue weighted by atomic mass is 10.00. The van der Waals surface area contributed by atoms with Crippen LogP contribution in [0.4, 0.5) is 13.2 Å². The molecule has 0 radical (unpaired) electrons. The topological polar surface area (TPSA) is 58.6 Å². The van der Waals surface area contributed by atoms with Crippen molar-refractivity contribution in [2.75, 3.05) is 6.61 Å². The summed E-state index contributed by atoms with van der Waals surface area (Å²) in [7, 11) is 0. The normalized spacial score (nSPS) is 18.5. The van der Waals surface area contributed by atoms with Crippen molar-refractivity contribution in [1.29, 1.82) is 0 Å². The SMILES string of the molecule is CC(NC(=O)C1(O)CCCC1)c1ccc(OCC(F)(F)F)cc1. The number of halogens is 3. The summed E-state index contributed by atoms with van der Waals surface area (Å²) in [5.41, 5.74) is -0.580. The molecule has 23 heavy (non-hydrogen) atoms. The van der Waals surface area contributed by atoms with E-state index in [1.165, 1.54) is 12.1 Å². The largest absolute Gasteiger partial charge is 0.484 e. The van der Waals surface area contributed by atoms with Gasteiger partial charge in [0.2, 0.25) is 0 Å². The Morgan fingerprint density at radius 2 is 1.87 bits per heavy atom. The molecule has 1 amide bonds. The molecule has 0 spiro atoms. The molecule has 0 heterocycles. The Bertz CT molecular complexity index is 536. The number of nitrogens with one attached hydrogen (secondary N) is 1. The summed E-state index contributed by atoms with van der Waals surface area (Å²) in [6, 6.07) is 5.68. The summed E-state index contributed by atoms with van der Waals surface area (Å²) in [6.45, 7) is 0.410. The maximum Gasteiger partial charge on any atom is 0.422 e. The molecular formula is C16H20F3NO3. The van der Waals surface area contributed by atoms with Crippen LogP contribution in [0.5, 0.6) is 5.75 Å². The third-order valence-electron chi connectivity index (χ3n) is 3.98. The van der Waals surface area contributed by atoms with Crippen molar-refractivity contribution < 1.29 is 27.8 Å². The van der Waals surface area contributed by atoms with Gasteiger partial charge in [-0.05, 0) is 50.3 Å². The van der Waals surface area contributed by atoms with Crippen molar-refractivity contribution in [3.05, 3.63) is 29.8 Å². The lowest BCUT2D eigenvalue weighted by Crippen LogP contribution is -2.45. The number of carbonyl (C=O) groups excluding carboxylic acids is 1. The summed E-state index contributed by atoms with van der Waals surface area (Å²) in [5, 5.41) is 13.0. The first-order chi connectivity index (χ1) is 10.7. The maximum absolute atomic E-state index is 12.1. The number of carbonyl (C=O) groups is 1. The van der Waals surface area contributed by atoms with Gasteiger partial charge in [-0.25, -0.2) is 0 Å². The summed E-state index contributed by atoms with van der Waals surface area (Å²) >= 11 is 0. The Labute approximate surface area is 132 Å². The van der Waals surface area contributed by atoms with Crippen LogP contribution in [0.2, 0.25) is 0 Å². The molecule has 1 saturated carbocycles. The zero-order valence-electron chi connectivity index (χ0n) is 12.8. The third kappa shape index (κ3) is 4.86. The van der Waals surface area contributed by atoms with Gasteiger partial charge in [-0.3, -0.25) is 4.79 Å². The van der Waals surface area contributed by atoms with E-state index in [0.29, 0.717) is 12.8 Å². The lowest BCUT2D eigenvalue weighted by molar-refractivity contribution is -0.153. The first kappa shape index (κ1) is 17.6. The van der Waals surface area contributed by atoms with Gasteiger partial charge in [-0.1, -0.05) is 12.1 Å². The number of aliphatic hydroxyl groups is 1. The minimum Gasteiger partial charge on any atom is -0.484 e. The van der Waals surface area contributed by atoms with E-state index in [4.69, 9.17) is 0 Å². The first-order valence-corrected chi connectivity index (χ1v) is 7.52. The summed E-state index contributed by atoms with van der Waals surface area (Å²) < 4.78 is 40.9. The van der Waals surface area contributed by atoms with Crippen LogP contribution in [0.15, 0.2) is 24.3 Å². The standard InChI is InChI=1S/C16H20F3NO3/c1-11(20-14(21)15(22)8-2-3-9-15)12-4-6-13(7-5-12)23-10-16(17,18)19/h4-7,11,22H,2-3,8-10H2,1H3,(H,20,21). The molecule has 4 nitrogen and oxygen atoms in total. The second kappa shape index (κ2) is 6.78. The molecule has 1 unspecified atom stereocenters. The van der Waals surface area contributed by atoms with Gasteiger partial charge in [0.25, 0.3) is 5.91 Å². The molecule has 1 aliphatic rings. The minimum absolute atomic E-state index is 0.110. The van der Waals surface area contributed by atoms with Crippen LogP contribution in [0, 0.1) is 0 Å². The second-order valence-electron chi connectivity index (χ2n) is 5.91. The third-order valence-corrected chi connectivity index (χ3v) is 3.98. The van der Waals surface area contributed by atoms with E-state index in [1.807, 2.05) is 0 Å². The summed E-state index contributed by atoms with van der Waals surface area (Å²) in [4.78, 5) is 12.1. The predicted octanol–water partition coefficient (Wildman–Crippen LogP) is 3.11. The van der Waals surface area contributed by atoms with E-state index in [2.05, 4.69) is 10.1 Å². The number of amides is 1. The Morgan fingerprint density at radius 3 is 2.39 bits per heavy atom. The van der Waals surface area contributed by atoms with Gasteiger partial charge in [0.05, 0.1) is 6.04 Å². The number of alkyl halides is 3. The molecule has 2 rings (SSSR count). The molecule has 1 fully saturated rings. The predicted molar refractivity (Wildman–Crippen MR) is 78.0 cm³/mol. The minimum atomic E-state index is -4.38. The van der Waals surface area contributed by atoms with Crippen LogP contribution >= 0.6 is 0 Å². The molecule has 0 aliphatic heterocycles. The number of rotatable bonds is 5. The van der Waals surface area contributed by atoms with Crippen LogP contribution in [0.3, 0.4) is 0 Å². The fraction of sp³-hybridized carbons (Fsp3) is 0.562. The van der Waals surface area contributed by atoms with Gasteiger partial charge in [0.15, 0.2) is 6.61 Å². The van der Waals surface area contributed by atoms with Crippen LogP contribution in [0.1, 0.15) is 44.2 Å². The maximum atomic E-state index is 12.1. The van der Waals surface area contributed by atoms with E-state index in [9.17, 15) is 23.1 Å². The molecule has 0 aromatic heterocycles. The molecule has 7 heteroatoms. The van der Waals surface area contributed by atoms with Crippen molar-refractivity contribution in [2.24, 2.45) is 0 Å². The lowest BCUT2D eigenvalue weighted by Gasteiger charge is -2.24. The van der Waals surface area contributed by atoms with Crippen LogP contribution in [0.25, 0.3) is 0 Å². The highest BCUT2D eigenvalue weighted by Gasteiger charge is 2.39. The molecule has 1 aromatic carbocycles. The van der Waals surface area contributed by atoms with Crippen molar-refractivity contribution in [1.82, 2.24) is 5.32 Å². The fourth-order valence-electron chi connectivity index (χ4n) is 2.62. The zero-order valence-corrected chi connectivity index (χ0v) is 12.8. The molecule has 0 bridgehead atoms. The van der Waals surface area contributed by atoms with Gasteiger partial charge in [0.1, 0.15) is 11.4 Å². The average molecular weight is 331 g/mol. The smallest absolute Gasteiger partial charge is 0.422 e. The molecule has 2 N–H and O–H groups in total. The second-order valence-corrected chi connectivity index (χ2v) is 5.91. The van der Waals surface area contributed by atoms with E-state index >= 15 is 0 Å². The molecule has 1 aliphatic carbocycles. The molecule has 1 atom stereocenters. The molecule has 1 aromatic rings. The zero-order chi connectivity index (χ0) is 17.1. The number of hydrogen-bond donors (Lipinski definition) is 2. The average Bonchev–Trinajstić information content (AvgIpc) is 2.93. The Morgan fingerprint density at radius 1 is 1.30 bits per heavy atom. The van der Waals surface area contributed by atoms with Crippen LogP contribution in [-0.2, 0) is 4.79 Å². The number of benzene rings is 1. The quantitative estimate of drug-likeness (QED) is 0.872. The van der Waals surface area contributed by atoms with Gasteiger partial charge in [0, 0.05) is 0 Å². The number of ether oxygens (including phenoxy) is 1. The van der Waals surface area contributed by atoms with E-state index in [0.717, 1.165) is 18.4 Å². The van der Waals surface area contributed by atoms with Gasteiger partial charge in [-0.2, -0.15) is 13.2 Å². The Balaban J connectivity index is 1.92. The Hall–Kier alpha value is -1.76. The summed E-state index contributed by atoms with van der Waals surface area (Å²) in [6.07, 6.45) is -1.82. The van der Waals surface area contributed by atoms with E-state index in [1.54, 1.807) is 19.1 Å². The highest BCUT2D eigenvalue weighted by atomic mass is 19.4. The van der Waals surface area contributed by atoms with Crippen molar-refractivity contribution in [2.45, 2.75) is 50.4 Å². The van der Waals surface area contributed by atoms with Gasteiger partial charge < -0.3 is 15.2 Å². The van der Waals surface area contributed by atoms with Crippen LogP contribution in [-0.4, -0.2) is 29.4 Å². The van der Waals surface area contributed by atoms with Crippen LogP contribution < -0.4 is 10.1 Å². The van der Waals surface area contributed by atoms with Crippen molar-refractivity contribution >= 4 is 5.91 Å². The van der Waals surface area contributed by atoms with E-state index < -0.39 is 24.3 Å². The summed E-state index contributed by atoms with van der Waals surface area (Å²) in [5.74, 6) is -0.293. The first-order valence-electron chi connectivity index (χ1n) is 7.52. The molecule has 0 saturated heterocycles. The monoisotopic (exact) mass is 331 g/mol. The number of hydrogen-bond acceptors (Lipinski definition) is 3. The fourth-order valence-corrected chi connectivity index (χ4v) is 2.62. The van der Waals surface area contributed by atoms with E-state index in [-0.39, 0.29) is 11.8 Å². The highest BCUT2D eigenvalue weighted by molar-refractivity contribution is 5.85. The van der Waals surface area contributed by atoms with Gasteiger partial charge in [-0.15, -0.1) is 0 Å². The van der Waals surface area contributed by atoms with Gasteiger partial charge >= 0.3 is 6.18 Å². The molecular weight excluding hydrogens is 311 g/mol. The van der Waals surface area contributed by atoms with Crippen molar-refractivity contribution in [3.8, 4) is 5.75 Å². The highest BCUT2D eigenvalue weighted by Crippen LogP contribution is 2.30. The molecule has 128 valence electrons. The Kier molecular flexibility index (Phi) is 5.19. The van der Waals surface area contributed by atoms with Crippen molar-refractivity contribution in [3.63, 3.8) is 0 Å².